The van der Waals surface area contributed by atoms with Crippen molar-refractivity contribution in [1.29, 1.82) is 0 Å². The predicted molar refractivity (Wildman–Crippen MR) is 96.3 cm³/mol. The van der Waals surface area contributed by atoms with Gasteiger partial charge in [-0.15, -0.1) is 0 Å². The van der Waals surface area contributed by atoms with Crippen LogP contribution in [0.2, 0.25) is 5.02 Å². The van der Waals surface area contributed by atoms with Crippen LogP contribution in [-0.4, -0.2) is 25.8 Å². The number of carboxylic acid groups (broad SMARTS) is 1. The van der Waals surface area contributed by atoms with E-state index in [0.717, 1.165) is 36.2 Å². The Morgan fingerprint density at radius 2 is 2.15 bits per heavy atom. The van der Waals surface area contributed by atoms with Crippen LogP contribution in [0.1, 0.15) is 41.1 Å². The Morgan fingerprint density at radius 1 is 1.41 bits per heavy atom. The second kappa shape index (κ2) is 6.27. The van der Waals surface area contributed by atoms with Crippen molar-refractivity contribution in [3.05, 3.63) is 57.9 Å². The maximum Gasteiger partial charge on any atom is 0.379 e. The molecule has 0 amide bonds. The molecule has 0 aliphatic heterocycles. The summed E-state index contributed by atoms with van der Waals surface area (Å²) in [6.07, 6.45) is 3.09. The lowest BCUT2D eigenvalue weighted by atomic mass is 10.0. The minimum atomic E-state index is -4.02. The monoisotopic (exact) mass is 391 g/mol. The molecule has 27 heavy (non-hydrogen) atoms. The van der Waals surface area contributed by atoms with Crippen molar-refractivity contribution in [2.24, 2.45) is 0 Å². The van der Waals surface area contributed by atoms with Crippen LogP contribution < -0.4 is 0 Å². The Morgan fingerprint density at radius 3 is 2.81 bits per heavy atom. The fraction of sp³-hybridized carbons (Fsp3) is 0.316. The number of hydrogen-bond acceptors (Lipinski definition) is 3. The van der Waals surface area contributed by atoms with Crippen molar-refractivity contribution in [2.75, 3.05) is 0 Å². The molecule has 0 bridgehead atoms. The van der Waals surface area contributed by atoms with Gasteiger partial charge < -0.3 is 5.11 Å². The van der Waals surface area contributed by atoms with E-state index < -0.39 is 17.5 Å². The lowest BCUT2D eigenvalue weighted by molar-refractivity contribution is -0.166. The van der Waals surface area contributed by atoms with Gasteiger partial charge in [-0.1, -0.05) is 23.7 Å². The molecule has 5 nitrogen and oxygen atoms in total. The highest BCUT2D eigenvalue weighted by molar-refractivity contribution is 6.31. The summed E-state index contributed by atoms with van der Waals surface area (Å²) in [6, 6.07) is 6.87. The molecule has 0 saturated heterocycles. The first kappa shape index (κ1) is 17.9. The Labute approximate surface area is 158 Å². The number of rotatable bonds is 5. The molecule has 8 heteroatoms. The molecule has 4 rings (SSSR count). The Kier molecular flexibility index (Phi) is 4.14. The van der Waals surface area contributed by atoms with Crippen LogP contribution in [0.15, 0.2) is 30.5 Å². The van der Waals surface area contributed by atoms with Crippen molar-refractivity contribution < 1.29 is 18.7 Å². The van der Waals surface area contributed by atoms with Crippen LogP contribution in [0.25, 0.3) is 11.0 Å². The highest BCUT2D eigenvalue weighted by Gasteiger charge is 2.41. The topological polar surface area (TPSA) is 68.0 Å². The summed E-state index contributed by atoms with van der Waals surface area (Å²) in [5.41, 5.74) is 2.76. The van der Waals surface area contributed by atoms with E-state index in [1.807, 2.05) is 12.1 Å². The molecular formula is C19H16ClF2N3O2. The number of aromatic nitrogens is 3. The SMILES string of the molecule is Cc1nn(Cc2c(Cl)cccc2C2CC2)c2cc(C(F)(F)C(=O)O)cnc12. The number of aliphatic carboxylic acids is 1. The van der Waals surface area contributed by atoms with Gasteiger partial charge in [-0.2, -0.15) is 13.9 Å². The van der Waals surface area contributed by atoms with Gasteiger partial charge >= 0.3 is 11.9 Å². The zero-order valence-corrected chi connectivity index (χ0v) is 15.2. The zero-order valence-electron chi connectivity index (χ0n) is 14.4. The van der Waals surface area contributed by atoms with E-state index in [-0.39, 0.29) is 0 Å². The van der Waals surface area contributed by atoms with Crippen molar-refractivity contribution >= 4 is 28.6 Å². The molecule has 0 spiro atoms. The second-order valence-electron chi connectivity index (χ2n) is 6.80. The average Bonchev–Trinajstić information content (AvgIpc) is 3.42. The largest absolute Gasteiger partial charge is 0.477 e. The van der Waals surface area contributed by atoms with Gasteiger partial charge in [-0.25, -0.2) is 4.79 Å². The summed E-state index contributed by atoms with van der Waals surface area (Å²) in [7, 11) is 0. The molecule has 1 aromatic carbocycles. The normalized spacial score (nSPS) is 14.7. The van der Waals surface area contributed by atoms with E-state index in [1.54, 1.807) is 17.7 Å². The number of carbonyl (C=O) groups is 1. The molecule has 140 valence electrons. The number of carboxylic acids is 1. The van der Waals surface area contributed by atoms with Gasteiger partial charge in [0.1, 0.15) is 5.52 Å². The third kappa shape index (κ3) is 3.06. The zero-order chi connectivity index (χ0) is 19.3. The van der Waals surface area contributed by atoms with E-state index in [1.165, 1.54) is 0 Å². The maximum absolute atomic E-state index is 13.9. The van der Waals surface area contributed by atoms with Crippen LogP contribution in [-0.2, 0) is 17.3 Å². The number of hydrogen-bond donors (Lipinski definition) is 1. The summed E-state index contributed by atoms with van der Waals surface area (Å²) in [6.45, 7) is 2.04. The molecule has 0 atom stereocenters. The van der Waals surface area contributed by atoms with Gasteiger partial charge in [0.05, 0.1) is 23.3 Å². The number of halogens is 3. The summed E-state index contributed by atoms with van der Waals surface area (Å²) >= 11 is 6.40. The third-order valence-electron chi connectivity index (χ3n) is 4.87. The predicted octanol–water partition coefficient (Wildman–Crippen LogP) is 4.50. The van der Waals surface area contributed by atoms with Gasteiger partial charge in [0.25, 0.3) is 0 Å². The fourth-order valence-corrected chi connectivity index (χ4v) is 3.54. The molecule has 1 N–H and O–H groups in total. The first-order valence-electron chi connectivity index (χ1n) is 8.51. The number of benzene rings is 1. The lowest BCUT2D eigenvalue weighted by Crippen LogP contribution is -2.25. The molecule has 1 aliphatic carbocycles. The standard InChI is InChI=1S/C19H16ClF2N3O2/c1-10-17-16(7-12(8-23-17)19(21,22)18(26)27)25(24-10)9-14-13(11-5-6-11)3-2-4-15(14)20/h2-4,7-8,11H,5-6,9H2,1H3,(H,26,27). The molecular weight excluding hydrogens is 376 g/mol. The van der Waals surface area contributed by atoms with E-state index >= 15 is 0 Å². The van der Waals surface area contributed by atoms with Crippen LogP contribution in [0.3, 0.4) is 0 Å². The third-order valence-corrected chi connectivity index (χ3v) is 5.22. The first-order chi connectivity index (χ1) is 12.8. The van der Waals surface area contributed by atoms with Gasteiger partial charge in [0.15, 0.2) is 0 Å². The van der Waals surface area contributed by atoms with Crippen LogP contribution in [0.5, 0.6) is 0 Å². The van der Waals surface area contributed by atoms with Crippen LogP contribution in [0.4, 0.5) is 8.78 Å². The van der Waals surface area contributed by atoms with E-state index in [2.05, 4.69) is 10.1 Å². The van der Waals surface area contributed by atoms with Crippen molar-refractivity contribution in [3.8, 4) is 0 Å². The smallest absolute Gasteiger partial charge is 0.379 e. The molecule has 1 saturated carbocycles. The number of nitrogens with zero attached hydrogens (tertiary/aromatic N) is 3. The molecule has 0 unspecified atom stereocenters. The fourth-order valence-electron chi connectivity index (χ4n) is 3.30. The molecule has 2 heterocycles. The highest BCUT2D eigenvalue weighted by atomic mass is 35.5. The maximum atomic E-state index is 13.9. The molecule has 3 aromatic rings. The summed E-state index contributed by atoms with van der Waals surface area (Å²) in [5, 5.41) is 13.8. The lowest BCUT2D eigenvalue weighted by Gasteiger charge is -2.13. The quantitative estimate of drug-likeness (QED) is 0.695. The van der Waals surface area contributed by atoms with E-state index in [9.17, 15) is 13.6 Å². The molecule has 2 aromatic heterocycles. The van der Waals surface area contributed by atoms with Crippen molar-refractivity contribution in [2.45, 2.75) is 38.2 Å². The summed E-state index contributed by atoms with van der Waals surface area (Å²) in [5.74, 6) is -5.77. The number of fused-ring (bicyclic) bond motifs is 1. The van der Waals surface area contributed by atoms with E-state index in [4.69, 9.17) is 16.7 Å². The number of alkyl halides is 2. The Bertz CT molecular complexity index is 1060. The summed E-state index contributed by atoms with van der Waals surface area (Å²) < 4.78 is 29.4. The minimum absolute atomic E-state index is 0.305. The molecule has 1 fully saturated rings. The van der Waals surface area contributed by atoms with Gasteiger partial charge in [-0.3, -0.25) is 9.67 Å². The minimum Gasteiger partial charge on any atom is -0.477 e. The van der Waals surface area contributed by atoms with Crippen molar-refractivity contribution in [3.63, 3.8) is 0 Å². The second-order valence-corrected chi connectivity index (χ2v) is 7.20. The van der Waals surface area contributed by atoms with Gasteiger partial charge in [-0.05, 0) is 48.9 Å². The number of pyridine rings is 1. The summed E-state index contributed by atoms with van der Waals surface area (Å²) in [4.78, 5) is 14.9. The Hall–Kier alpha value is -2.54. The average molecular weight is 392 g/mol. The van der Waals surface area contributed by atoms with Crippen molar-refractivity contribution in [1.82, 2.24) is 14.8 Å². The molecule has 0 radical (unpaired) electrons. The van der Waals surface area contributed by atoms with E-state index in [0.29, 0.717) is 34.2 Å². The van der Waals surface area contributed by atoms with Gasteiger partial charge in [0.2, 0.25) is 0 Å². The first-order valence-corrected chi connectivity index (χ1v) is 8.89. The van der Waals surface area contributed by atoms with Crippen LogP contribution in [0, 0.1) is 6.92 Å². The Balaban J connectivity index is 1.82. The number of aryl methyl sites for hydroxylation is 1. The van der Waals surface area contributed by atoms with Gasteiger partial charge in [0, 0.05) is 11.2 Å². The van der Waals surface area contributed by atoms with Crippen LogP contribution >= 0.6 is 11.6 Å². The molecule has 1 aliphatic rings. The highest BCUT2D eigenvalue weighted by Crippen LogP contribution is 2.43.